The van der Waals surface area contributed by atoms with Gasteiger partial charge in [0.1, 0.15) is 5.69 Å². The quantitative estimate of drug-likeness (QED) is 0.283. The van der Waals surface area contributed by atoms with Crippen LogP contribution in [0.5, 0.6) is 0 Å². The van der Waals surface area contributed by atoms with Crippen molar-refractivity contribution in [1.82, 2.24) is 4.57 Å². The first-order chi connectivity index (χ1) is 17.7. The Morgan fingerprint density at radius 2 is 1.61 bits per heavy atom. The van der Waals surface area contributed by atoms with Crippen LogP contribution in [0.15, 0.2) is 54.6 Å². The van der Waals surface area contributed by atoms with Crippen molar-refractivity contribution in [3.8, 4) is 0 Å². The molecule has 0 radical (unpaired) electrons. The average molecular weight is 541 g/mol. The molecule has 0 saturated heterocycles. The number of carboxylic acids is 1. The number of aryl methyl sites for hydroxylation is 2. The Labute approximate surface area is 215 Å². The maximum absolute atomic E-state index is 13.5. The van der Waals surface area contributed by atoms with Crippen LogP contribution in [-0.2, 0) is 36.4 Å². The number of anilines is 1. The van der Waals surface area contributed by atoms with Gasteiger partial charge in [0, 0.05) is 11.7 Å². The number of aromatic nitrogens is 1. The van der Waals surface area contributed by atoms with Gasteiger partial charge < -0.3 is 15.0 Å². The number of carbonyl (C=O) groups excluding carboxylic acids is 1. The molecule has 0 fully saturated rings. The van der Waals surface area contributed by atoms with Gasteiger partial charge in [-0.25, -0.2) is 0 Å². The molecule has 0 atom stereocenters. The van der Waals surface area contributed by atoms with Crippen molar-refractivity contribution in [2.75, 3.05) is 5.32 Å². The van der Waals surface area contributed by atoms with Crippen molar-refractivity contribution in [2.45, 2.75) is 57.9 Å². The van der Waals surface area contributed by atoms with Gasteiger partial charge in [0.05, 0.1) is 23.2 Å². The van der Waals surface area contributed by atoms with Crippen molar-refractivity contribution in [3.63, 3.8) is 0 Å². The minimum atomic E-state index is -4.78. The molecule has 11 heteroatoms. The van der Waals surface area contributed by atoms with Crippen molar-refractivity contribution < 1.29 is 41.0 Å². The third-order valence-corrected chi connectivity index (χ3v) is 5.90. The Morgan fingerprint density at radius 1 is 0.895 bits per heavy atom. The molecular formula is C27H26F6N2O3. The molecule has 1 aromatic heterocycles. The summed E-state index contributed by atoms with van der Waals surface area (Å²) in [5.41, 5.74) is -0.978. The van der Waals surface area contributed by atoms with Gasteiger partial charge in [-0.2, -0.15) is 26.3 Å². The molecule has 2 aromatic carbocycles. The Bertz CT molecular complexity index is 1310. The summed E-state index contributed by atoms with van der Waals surface area (Å²) in [4.78, 5) is 24.1. The number of halogens is 6. The first kappa shape index (κ1) is 28.8. The summed E-state index contributed by atoms with van der Waals surface area (Å²) in [6, 6.07) is 10.7. The summed E-state index contributed by atoms with van der Waals surface area (Å²) in [6.07, 6.45) is -8.47. The van der Waals surface area contributed by atoms with Gasteiger partial charge in [0.15, 0.2) is 0 Å². The number of aliphatic carboxylic acids is 1. The number of rotatable bonds is 9. The maximum Gasteiger partial charge on any atom is 0.418 e. The SMILES string of the molecule is CC(C)n1c(CCCc2cccc(C(F)(F)F)c2)ccc1C(=O)Nc1cc(CC(=O)O)ccc1C(F)(F)F. The predicted octanol–water partition coefficient (Wildman–Crippen LogP) is 7.16. The third kappa shape index (κ3) is 7.17. The summed E-state index contributed by atoms with van der Waals surface area (Å²) in [7, 11) is 0. The summed E-state index contributed by atoms with van der Waals surface area (Å²) >= 11 is 0. The first-order valence-corrected chi connectivity index (χ1v) is 11.8. The molecule has 1 amide bonds. The number of nitrogens with zero attached hydrogens (tertiary/aromatic N) is 1. The molecule has 0 unspecified atom stereocenters. The predicted molar refractivity (Wildman–Crippen MR) is 129 cm³/mol. The highest BCUT2D eigenvalue weighted by Gasteiger charge is 2.34. The molecular weight excluding hydrogens is 514 g/mol. The molecule has 0 saturated carbocycles. The van der Waals surface area contributed by atoms with E-state index in [0.717, 1.165) is 30.3 Å². The Balaban J connectivity index is 1.81. The molecule has 3 aromatic rings. The lowest BCUT2D eigenvalue weighted by Crippen LogP contribution is -2.21. The van der Waals surface area contributed by atoms with E-state index in [4.69, 9.17) is 5.11 Å². The Kier molecular flexibility index (Phi) is 8.58. The monoisotopic (exact) mass is 540 g/mol. The highest BCUT2D eigenvalue weighted by molar-refractivity contribution is 6.04. The maximum atomic E-state index is 13.5. The van der Waals surface area contributed by atoms with E-state index < -0.39 is 47.5 Å². The minimum Gasteiger partial charge on any atom is -0.481 e. The molecule has 5 nitrogen and oxygen atoms in total. The Morgan fingerprint density at radius 3 is 2.21 bits per heavy atom. The van der Waals surface area contributed by atoms with Crippen LogP contribution in [0, 0.1) is 0 Å². The van der Waals surface area contributed by atoms with E-state index >= 15 is 0 Å². The van der Waals surface area contributed by atoms with E-state index in [1.807, 2.05) is 0 Å². The van der Waals surface area contributed by atoms with Gasteiger partial charge in [0.2, 0.25) is 0 Å². The number of benzene rings is 2. The fraction of sp³-hybridized carbons (Fsp3) is 0.333. The topological polar surface area (TPSA) is 71.3 Å². The van der Waals surface area contributed by atoms with E-state index in [2.05, 4.69) is 5.32 Å². The first-order valence-electron chi connectivity index (χ1n) is 11.8. The zero-order valence-corrected chi connectivity index (χ0v) is 20.6. The number of carboxylic acid groups (broad SMARTS) is 1. The third-order valence-electron chi connectivity index (χ3n) is 5.90. The molecule has 0 aliphatic rings. The van der Waals surface area contributed by atoms with Crippen LogP contribution in [0.25, 0.3) is 0 Å². The minimum absolute atomic E-state index is 0.0929. The van der Waals surface area contributed by atoms with Crippen LogP contribution in [0.2, 0.25) is 0 Å². The van der Waals surface area contributed by atoms with Crippen molar-refractivity contribution in [2.24, 2.45) is 0 Å². The summed E-state index contributed by atoms with van der Waals surface area (Å²) in [5.74, 6) is -2.04. The average Bonchev–Trinajstić information content (AvgIpc) is 3.22. The smallest absolute Gasteiger partial charge is 0.418 e. The molecule has 0 bridgehead atoms. The molecule has 2 N–H and O–H groups in total. The zero-order chi connectivity index (χ0) is 28.3. The lowest BCUT2D eigenvalue weighted by Gasteiger charge is -2.19. The largest absolute Gasteiger partial charge is 0.481 e. The lowest BCUT2D eigenvalue weighted by molar-refractivity contribution is -0.138. The number of alkyl halides is 6. The molecule has 3 rings (SSSR count). The van der Waals surface area contributed by atoms with Gasteiger partial charge >= 0.3 is 18.3 Å². The molecule has 0 spiro atoms. The van der Waals surface area contributed by atoms with Crippen molar-refractivity contribution >= 4 is 17.6 Å². The van der Waals surface area contributed by atoms with Gasteiger partial charge in [-0.05, 0) is 74.6 Å². The number of carbonyl (C=O) groups is 2. The molecule has 0 aliphatic carbocycles. The second kappa shape index (κ2) is 11.3. The van der Waals surface area contributed by atoms with Crippen molar-refractivity contribution in [1.29, 1.82) is 0 Å². The van der Waals surface area contributed by atoms with E-state index in [9.17, 15) is 35.9 Å². The standard InChI is InChI=1S/C27H26F6N2O3/c1-16(2)35-20(8-4-6-17-5-3-7-19(13-17)26(28,29)30)10-12-23(35)25(38)34-22-14-18(15-24(36)37)9-11-21(22)27(31,32)33/h3,5,7,9-14,16H,4,6,8,15H2,1-2H3,(H,34,38)(H,36,37). The number of hydrogen-bond acceptors (Lipinski definition) is 2. The molecule has 204 valence electrons. The second-order valence-electron chi connectivity index (χ2n) is 9.13. The van der Waals surface area contributed by atoms with E-state index in [1.54, 1.807) is 30.5 Å². The fourth-order valence-corrected chi connectivity index (χ4v) is 4.28. The van der Waals surface area contributed by atoms with Gasteiger partial charge in [-0.15, -0.1) is 0 Å². The van der Waals surface area contributed by atoms with Crippen LogP contribution in [0.1, 0.15) is 64.7 Å². The van der Waals surface area contributed by atoms with Crippen LogP contribution in [0.4, 0.5) is 32.0 Å². The van der Waals surface area contributed by atoms with Gasteiger partial charge in [0.25, 0.3) is 5.91 Å². The van der Waals surface area contributed by atoms with Crippen molar-refractivity contribution in [3.05, 3.63) is 88.2 Å². The summed E-state index contributed by atoms with van der Waals surface area (Å²) in [5, 5.41) is 11.3. The lowest BCUT2D eigenvalue weighted by atomic mass is 10.0. The van der Waals surface area contributed by atoms with Crippen LogP contribution >= 0.6 is 0 Å². The summed E-state index contributed by atoms with van der Waals surface area (Å²) < 4.78 is 81.2. The van der Waals surface area contributed by atoms with E-state index in [-0.39, 0.29) is 17.3 Å². The Hall–Kier alpha value is -3.76. The van der Waals surface area contributed by atoms with Crippen LogP contribution in [0.3, 0.4) is 0 Å². The number of nitrogens with one attached hydrogen (secondary N) is 1. The molecule has 38 heavy (non-hydrogen) atoms. The highest BCUT2D eigenvalue weighted by atomic mass is 19.4. The molecule has 1 heterocycles. The molecule has 0 aliphatic heterocycles. The second-order valence-corrected chi connectivity index (χ2v) is 9.13. The van der Waals surface area contributed by atoms with Gasteiger partial charge in [-0.1, -0.05) is 24.3 Å². The number of amides is 1. The van der Waals surface area contributed by atoms with Crippen LogP contribution < -0.4 is 5.32 Å². The van der Waals surface area contributed by atoms with Gasteiger partial charge in [-0.3, -0.25) is 9.59 Å². The zero-order valence-electron chi connectivity index (χ0n) is 20.6. The fourth-order valence-electron chi connectivity index (χ4n) is 4.28. The van der Waals surface area contributed by atoms with E-state index in [0.29, 0.717) is 30.5 Å². The number of hydrogen-bond donors (Lipinski definition) is 2. The highest BCUT2D eigenvalue weighted by Crippen LogP contribution is 2.36. The summed E-state index contributed by atoms with van der Waals surface area (Å²) in [6.45, 7) is 3.59. The van der Waals surface area contributed by atoms with Crippen LogP contribution in [-0.4, -0.2) is 21.6 Å². The van der Waals surface area contributed by atoms with E-state index in [1.165, 1.54) is 12.1 Å². The normalized spacial score (nSPS) is 12.1.